The number of carboxylic acids is 1. The van der Waals surface area contributed by atoms with Crippen molar-refractivity contribution in [2.75, 3.05) is 0 Å². The highest BCUT2D eigenvalue weighted by molar-refractivity contribution is 5.85. The Bertz CT molecular complexity index is 916. The summed E-state index contributed by atoms with van der Waals surface area (Å²) in [6, 6.07) is 0. The van der Waals surface area contributed by atoms with Crippen LogP contribution < -0.4 is 0 Å². The van der Waals surface area contributed by atoms with Crippen molar-refractivity contribution in [3.63, 3.8) is 0 Å². The Kier molecular flexibility index (Phi) is 4.99. The topological polar surface area (TPSA) is 54.4 Å². The lowest BCUT2D eigenvalue weighted by atomic mass is 9.33. The Morgan fingerprint density at radius 3 is 2.30 bits per heavy atom. The van der Waals surface area contributed by atoms with Gasteiger partial charge in [0.1, 0.15) is 5.78 Å². The molecule has 0 saturated heterocycles. The number of hydrogen-bond acceptors (Lipinski definition) is 2. The van der Waals surface area contributed by atoms with Gasteiger partial charge in [-0.1, -0.05) is 60.1 Å². The molecule has 5 rings (SSSR count). The second-order valence-corrected chi connectivity index (χ2v) is 14.3. The molecule has 184 valence electrons. The summed E-state index contributed by atoms with van der Waals surface area (Å²) in [4.78, 5) is 25.7. The van der Waals surface area contributed by atoms with E-state index < -0.39 is 11.4 Å². The normalized spacial score (nSPS) is 53.1. The van der Waals surface area contributed by atoms with E-state index in [-0.39, 0.29) is 27.6 Å². The third kappa shape index (κ3) is 2.69. The smallest absolute Gasteiger partial charge is 0.310 e. The summed E-state index contributed by atoms with van der Waals surface area (Å²) in [6.07, 6.45) is 11.3. The van der Waals surface area contributed by atoms with E-state index in [1.54, 1.807) is 0 Å². The number of allylic oxidation sites excluding steroid dienone is 2. The number of ketones is 1. The van der Waals surface area contributed by atoms with Crippen molar-refractivity contribution in [3.05, 3.63) is 11.6 Å². The van der Waals surface area contributed by atoms with Gasteiger partial charge in [0.15, 0.2) is 0 Å². The van der Waals surface area contributed by atoms with Gasteiger partial charge in [0, 0.05) is 11.8 Å². The fourth-order valence-corrected chi connectivity index (χ4v) is 10.7. The average molecular weight is 455 g/mol. The summed E-state index contributed by atoms with van der Waals surface area (Å²) >= 11 is 0. The molecule has 5 aliphatic carbocycles. The van der Waals surface area contributed by atoms with Gasteiger partial charge in [0.25, 0.3) is 0 Å². The van der Waals surface area contributed by atoms with Gasteiger partial charge in [-0.2, -0.15) is 0 Å². The maximum Gasteiger partial charge on any atom is 0.310 e. The van der Waals surface area contributed by atoms with E-state index >= 15 is 0 Å². The molecule has 0 bridgehead atoms. The maximum atomic E-state index is 12.9. The number of carboxylic acid groups (broad SMARTS) is 1. The molecule has 9 unspecified atom stereocenters. The fraction of sp³-hybridized carbons (Fsp3) is 0.867. The molecule has 33 heavy (non-hydrogen) atoms. The minimum atomic E-state index is -0.569. The van der Waals surface area contributed by atoms with Crippen LogP contribution in [-0.4, -0.2) is 16.9 Å². The van der Waals surface area contributed by atoms with Gasteiger partial charge in [-0.05, 0) is 97.2 Å². The average Bonchev–Trinajstić information content (AvgIpc) is 2.74. The first kappa shape index (κ1) is 23.6. The molecule has 0 spiro atoms. The third-order valence-electron chi connectivity index (χ3n) is 13.2. The number of fused-ring (bicyclic) bond motifs is 7. The van der Waals surface area contributed by atoms with Crippen molar-refractivity contribution >= 4 is 11.8 Å². The molecule has 3 heteroatoms. The van der Waals surface area contributed by atoms with Crippen molar-refractivity contribution in [3.8, 4) is 0 Å². The minimum Gasteiger partial charge on any atom is -0.481 e. The van der Waals surface area contributed by atoms with Gasteiger partial charge in [0.05, 0.1) is 5.41 Å². The second-order valence-electron chi connectivity index (χ2n) is 14.3. The van der Waals surface area contributed by atoms with Gasteiger partial charge >= 0.3 is 5.97 Å². The highest BCUT2D eigenvalue weighted by Crippen LogP contribution is 2.75. The van der Waals surface area contributed by atoms with Crippen LogP contribution >= 0.6 is 0 Å². The molecule has 4 saturated carbocycles. The van der Waals surface area contributed by atoms with Gasteiger partial charge in [-0.25, -0.2) is 0 Å². The lowest BCUT2D eigenvalue weighted by molar-refractivity contribution is -0.190. The summed E-state index contributed by atoms with van der Waals surface area (Å²) in [6.45, 7) is 16.7. The van der Waals surface area contributed by atoms with Crippen molar-refractivity contribution < 1.29 is 14.7 Å². The SMILES string of the molecule is CC1CCC2(C(=O)O)CCC3(C)C(=CCC4C5(C)CCC(=O)C(C)(C)C5CCC43C)C2C1C. The molecular weight excluding hydrogens is 408 g/mol. The number of aliphatic carboxylic acids is 1. The molecule has 0 aromatic heterocycles. The van der Waals surface area contributed by atoms with Gasteiger partial charge in [-0.15, -0.1) is 0 Å². The van der Waals surface area contributed by atoms with Crippen molar-refractivity contribution in [2.45, 2.75) is 106 Å². The van der Waals surface area contributed by atoms with Crippen LogP contribution in [0.15, 0.2) is 11.6 Å². The Morgan fingerprint density at radius 1 is 0.939 bits per heavy atom. The zero-order valence-electron chi connectivity index (χ0n) is 22.1. The van der Waals surface area contributed by atoms with E-state index in [9.17, 15) is 14.7 Å². The van der Waals surface area contributed by atoms with E-state index in [4.69, 9.17) is 0 Å². The predicted molar refractivity (Wildman–Crippen MR) is 132 cm³/mol. The maximum absolute atomic E-state index is 12.9. The van der Waals surface area contributed by atoms with E-state index in [0.717, 1.165) is 51.4 Å². The third-order valence-corrected chi connectivity index (χ3v) is 13.2. The molecule has 4 fully saturated rings. The minimum absolute atomic E-state index is 0.0600. The van der Waals surface area contributed by atoms with Crippen LogP contribution in [0.25, 0.3) is 0 Å². The summed E-state index contributed by atoms with van der Waals surface area (Å²) in [5, 5.41) is 10.5. The number of carbonyl (C=O) groups excluding carboxylic acids is 1. The molecular formula is C30H46O3. The fourth-order valence-electron chi connectivity index (χ4n) is 10.7. The highest BCUT2D eigenvalue weighted by Gasteiger charge is 2.69. The van der Waals surface area contributed by atoms with Crippen molar-refractivity contribution in [1.82, 2.24) is 0 Å². The van der Waals surface area contributed by atoms with Gasteiger partial charge in [0.2, 0.25) is 0 Å². The lowest BCUT2D eigenvalue weighted by Gasteiger charge is -2.70. The Morgan fingerprint density at radius 2 is 1.64 bits per heavy atom. The Labute approximate surface area is 201 Å². The zero-order chi connectivity index (χ0) is 24.2. The summed E-state index contributed by atoms with van der Waals surface area (Å²) < 4.78 is 0. The summed E-state index contributed by atoms with van der Waals surface area (Å²) in [5.41, 5.74) is 1.12. The molecule has 1 N–H and O–H groups in total. The molecule has 0 aromatic rings. The Balaban J connectivity index is 1.62. The first-order valence-electron chi connectivity index (χ1n) is 13.7. The number of hydrogen-bond donors (Lipinski definition) is 1. The van der Waals surface area contributed by atoms with Crippen molar-refractivity contribution in [2.24, 2.45) is 56.7 Å². The van der Waals surface area contributed by atoms with Crippen LogP contribution in [0.4, 0.5) is 0 Å². The molecule has 0 aromatic carbocycles. The van der Waals surface area contributed by atoms with Gasteiger partial charge in [-0.3, -0.25) is 9.59 Å². The van der Waals surface area contributed by atoms with Crippen LogP contribution in [0.3, 0.4) is 0 Å². The summed E-state index contributed by atoms with van der Waals surface area (Å²) in [5.74, 6) is 2.10. The van der Waals surface area contributed by atoms with Crippen molar-refractivity contribution in [1.29, 1.82) is 0 Å². The van der Waals surface area contributed by atoms with Crippen LogP contribution in [0.5, 0.6) is 0 Å². The number of Topliss-reactive ketones (excluding diaryl/α,β-unsaturated/α-hetero) is 1. The molecule has 0 radical (unpaired) electrons. The number of rotatable bonds is 1. The predicted octanol–water partition coefficient (Wildman–Crippen LogP) is 7.30. The molecule has 0 heterocycles. The van der Waals surface area contributed by atoms with E-state index in [2.05, 4.69) is 54.5 Å². The second kappa shape index (κ2) is 6.97. The molecule has 0 aliphatic heterocycles. The van der Waals surface area contributed by atoms with E-state index in [1.807, 2.05) is 0 Å². The van der Waals surface area contributed by atoms with Crippen LogP contribution in [0.1, 0.15) is 106 Å². The zero-order valence-corrected chi connectivity index (χ0v) is 22.1. The molecule has 3 nitrogen and oxygen atoms in total. The number of carbonyl (C=O) groups is 2. The molecule has 9 atom stereocenters. The first-order chi connectivity index (χ1) is 15.3. The van der Waals surface area contributed by atoms with E-state index in [0.29, 0.717) is 29.5 Å². The highest BCUT2D eigenvalue weighted by atomic mass is 16.4. The standard InChI is InChI=1S/C30H46O3/c1-18-10-15-30(25(32)33)17-16-28(6)20(24(30)19(18)2)8-9-22-27(5)13-12-23(31)26(3,4)21(27)11-14-29(22,28)7/h8,18-19,21-22,24H,9-17H2,1-7H3,(H,32,33). The van der Waals surface area contributed by atoms with Crippen LogP contribution in [0.2, 0.25) is 0 Å². The van der Waals surface area contributed by atoms with E-state index in [1.165, 1.54) is 12.0 Å². The van der Waals surface area contributed by atoms with Gasteiger partial charge < -0.3 is 5.11 Å². The largest absolute Gasteiger partial charge is 0.481 e. The Hall–Kier alpha value is -1.12. The van der Waals surface area contributed by atoms with Crippen LogP contribution in [-0.2, 0) is 9.59 Å². The molecule has 5 aliphatic rings. The lowest BCUT2D eigenvalue weighted by Crippen LogP contribution is -2.65. The monoisotopic (exact) mass is 454 g/mol. The first-order valence-corrected chi connectivity index (χ1v) is 13.7. The quantitative estimate of drug-likeness (QED) is 0.423. The molecule has 0 amide bonds. The summed E-state index contributed by atoms with van der Waals surface area (Å²) in [7, 11) is 0. The van der Waals surface area contributed by atoms with Crippen LogP contribution in [0, 0.1) is 56.7 Å².